The summed E-state index contributed by atoms with van der Waals surface area (Å²) in [5.74, 6) is 1.29. The Morgan fingerprint density at radius 2 is 1.87 bits per heavy atom. The third-order valence-electron chi connectivity index (χ3n) is 3.37. The highest BCUT2D eigenvalue weighted by Gasteiger charge is 2.05. The molecule has 0 unspecified atom stereocenters. The van der Waals surface area contributed by atoms with E-state index in [1.165, 1.54) is 11.1 Å². The highest BCUT2D eigenvalue weighted by Crippen LogP contribution is 2.22. The van der Waals surface area contributed by atoms with Crippen LogP contribution in [-0.4, -0.2) is 24.8 Å². The number of benzene rings is 2. The lowest BCUT2D eigenvalue weighted by atomic mass is 10.2. The van der Waals surface area contributed by atoms with Gasteiger partial charge in [-0.2, -0.15) is 0 Å². The second-order valence-electron chi connectivity index (χ2n) is 5.57. The van der Waals surface area contributed by atoms with Crippen LogP contribution in [0.2, 0.25) is 0 Å². The Labute approximate surface area is 142 Å². The zero-order chi connectivity index (χ0) is 16.7. The molecule has 23 heavy (non-hydrogen) atoms. The molecular weight excluding hydrogens is 306 g/mol. The zero-order valence-corrected chi connectivity index (χ0v) is 14.7. The van der Waals surface area contributed by atoms with Crippen molar-refractivity contribution in [3.05, 3.63) is 59.2 Å². The van der Waals surface area contributed by atoms with Crippen LogP contribution in [0.3, 0.4) is 0 Å². The normalized spacial score (nSPS) is 10.4. The Bertz CT molecular complexity index is 670. The molecule has 0 aliphatic rings. The van der Waals surface area contributed by atoms with Crippen LogP contribution in [0.25, 0.3) is 0 Å². The molecule has 1 N–H and O–H groups in total. The summed E-state index contributed by atoms with van der Waals surface area (Å²) in [6.45, 7) is 7.16. The average Bonchev–Trinajstić information content (AvgIpc) is 2.51. The van der Waals surface area contributed by atoms with Gasteiger partial charge in [-0.1, -0.05) is 29.8 Å². The van der Waals surface area contributed by atoms with Crippen LogP contribution >= 0.6 is 11.8 Å². The summed E-state index contributed by atoms with van der Waals surface area (Å²) in [5.41, 5.74) is 3.62. The number of amides is 1. The van der Waals surface area contributed by atoms with E-state index < -0.39 is 0 Å². The van der Waals surface area contributed by atoms with E-state index >= 15 is 0 Å². The van der Waals surface area contributed by atoms with Gasteiger partial charge in [0.25, 0.3) is 0 Å². The summed E-state index contributed by atoms with van der Waals surface area (Å²) in [5, 5.41) is 2.88. The van der Waals surface area contributed by atoms with Crippen LogP contribution in [0, 0.1) is 20.8 Å². The van der Waals surface area contributed by atoms with E-state index in [1.54, 1.807) is 11.8 Å². The minimum absolute atomic E-state index is 0.0304. The van der Waals surface area contributed by atoms with E-state index in [0.29, 0.717) is 18.9 Å². The number of hydrogen-bond donors (Lipinski definition) is 1. The number of hydrogen-bond acceptors (Lipinski definition) is 3. The smallest absolute Gasteiger partial charge is 0.230 e. The van der Waals surface area contributed by atoms with Crippen molar-refractivity contribution in [2.75, 3.05) is 18.9 Å². The molecule has 0 bridgehead atoms. The van der Waals surface area contributed by atoms with E-state index in [0.717, 1.165) is 16.2 Å². The van der Waals surface area contributed by atoms with Gasteiger partial charge in [0.2, 0.25) is 5.91 Å². The lowest BCUT2D eigenvalue weighted by Gasteiger charge is -2.09. The van der Waals surface area contributed by atoms with Gasteiger partial charge in [0.05, 0.1) is 12.3 Å². The molecule has 2 rings (SSSR count). The molecule has 1 amide bonds. The summed E-state index contributed by atoms with van der Waals surface area (Å²) in [4.78, 5) is 13.0. The van der Waals surface area contributed by atoms with Crippen molar-refractivity contribution in [2.24, 2.45) is 0 Å². The van der Waals surface area contributed by atoms with Crippen LogP contribution < -0.4 is 10.1 Å². The summed E-state index contributed by atoms with van der Waals surface area (Å²) < 4.78 is 5.61. The minimum Gasteiger partial charge on any atom is -0.492 e. The fourth-order valence-corrected chi connectivity index (χ4v) is 3.06. The van der Waals surface area contributed by atoms with Crippen molar-refractivity contribution in [2.45, 2.75) is 25.7 Å². The molecular formula is C19H23NO2S. The number of thioether (sulfide) groups is 1. The topological polar surface area (TPSA) is 38.3 Å². The van der Waals surface area contributed by atoms with Gasteiger partial charge in [0, 0.05) is 4.90 Å². The van der Waals surface area contributed by atoms with Gasteiger partial charge in [-0.25, -0.2) is 0 Å². The van der Waals surface area contributed by atoms with E-state index in [2.05, 4.69) is 37.4 Å². The number of ether oxygens (including phenoxy) is 1. The SMILES string of the molecule is Cc1cccc(OCCNC(=O)CSc2ccc(C)cc2C)c1. The maximum absolute atomic E-state index is 11.9. The largest absolute Gasteiger partial charge is 0.492 e. The molecule has 0 fully saturated rings. The quantitative estimate of drug-likeness (QED) is 0.618. The first-order valence-electron chi connectivity index (χ1n) is 7.71. The zero-order valence-electron chi connectivity index (χ0n) is 13.9. The fourth-order valence-electron chi connectivity index (χ4n) is 2.22. The van der Waals surface area contributed by atoms with Crippen LogP contribution in [0.5, 0.6) is 5.75 Å². The monoisotopic (exact) mass is 329 g/mol. The second-order valence-corrected chi connectivity index (χ2v) is 6.59. The lowest BCUT2D eigenvalue weighted by Crippen LogP contribution is -2.29. The van der Waals surface area contributed by atoms with Gasteiger partial charge in [-0.3, -0.25) is 4.79 Å². The van der Waals surface area contributed by atoms with Gasteiger partial charge in [0.1, 0.15) is 12.4 Å². The molecule has 0 atom stereocenters. The summed E-state index contributed by atoms with van der Waals surface area (Å²) in [6, 6.07) is 14.2. The van der Waals surface area contributed by atoms with Crippen molar-refractivity contribution in [3.63, 3.8) is 0 Å². The Kier molecular flexibility index (Phi) is 6.53. The van der Waals surface area contributed by atoms with Crippen molar-refractivity contribution in [3.8, 4) is 5.75 Å². The molecule has 2 aromatic rings. The van der Waals surface area contributed by atoms with Crippen LogP contribution in [0.1, 0.15) is 16.7 Å². The highest BCUT2D eigenvalue weighted by molar-refractivity contribution is 8.00. The molecule has 0 aliphatic carbocycles. The molecule has 3 nitrogen and oxygen atoms in total. The van der Waals surface area contributed by atoms with E-state index in [1.807, 2.05) is 31.2 Å². The van der Waals surface area contributed by atoms with Gasteiger partial charge in [-0.15, -0.1) is 11.8 Å². The number of aryl methyl sites for hydroxylation is 3. The van der Waals surface area contributed by atoms with Crippen LogP contribution in [0.15, 0.2) is 47.4 Å². The number of carbonyl (C=O) groups excluding carboxylic acids is 1. The second kappa shape index (κ2) is 8.63. The first kappa shape index (κ1) is 17.4. The Balaban J connectivity index is 1.67. The molecule has 0 heterocycles. The molecule has 0 saturated heterocycles. The maximum Gasteiger partial charge on any atom is 0.230 e. The third-order valence-corrected chi connectivity index (χ3v) is 4.55. The first-order chi connectivity index (χ1) is 11.0. The van der Waals surface area contributed by atoms with E-state index in [4.69, 9.17) is 4.74 Å². The van der Waals surface area contributed by atoms with Gasteiger partial charge >= 0.3 is 0 Å². The first-order valence-corrected chi connectivity index (χ1v) is 8.69. The van der Waals surface area contributed by atoms with Crippen LogP contribution in [0.4, 0.5) is 0 Å². The molecule has 0 aliphatic heterocycles. The van der Waals surface area contributed by atoms with Gasteiger partial charge in [0.15, 0.2) is 0 Å². The fraction of sp³-hybridized carbons (Fsp3) is 0.316. The Morgan fingerprint density at radius 1 is 1.09 bits per heavy atom. The molecule has 2 aromatic carbocycles. The molecule has 0 saturated carbocycles. The molecule has 0 radical (unpaired) electrons. The predicted molar refractivity (Wildman–Crippen MR) is 96.3 cm³/mol. The molecule has 122 valence electrons. The molecule has 4 heteroatoms. The van der Waals surface area contributed by atoms with Crippen molar-refractivity contribution in [1.29, 1.82) is 0 Å². The Hall–Kier alpha value is -1.94. The number of rotatable bonds is 7. The highest BCUT2D eigenvalue weighted by atomic mass is 32.2. The molecule has 0 aromatic heterocycles. The summed E-state index contributed by atoms with van der Waals surface area (Å²) >= 11 is 1.57. The van der Waals surface area contributed by atoms with Crippen LogP contribution in [-0.2, 0) is 4.79 Å². The standard InChI is InChI=1S/C19H23NO2S/c1-14-5-4-6-17(12-14)22-10-9-20-19(21)13-23-18-8-7-15(2)11-16(18)3/h4-8,11-12H,9-10,13H2,1-3H3,(H,20,21). The van der Waals surface area contributed by atoms with Crippen molar-refractivity contribution >= 4 is 17.7 Å². The lowest BCUT2D eigenvalue weighted by molar-refractivity contribution is -0.118. The minimum atomic E-state index is 0.0304. The van der Waals surface area contributed by atoms with Gasteiger partial charge in [-0.05, 0) is 50.1 Å². The van der Waals surface area contributed by atoms with E-state index in [9.17, 15) is 4.79 Å². The summed E-state index contributed by atoms with van der Waals surface area (Å²) in [7, 11) is 0. The van der Waals surface area contributed by atoms with Crippen molar-refractivity contribution < 1.29 is 9.53 Å². The Morgan fingerprint density at radius 3 is 2.61 bits per heavy atom. The van der Waals surface area contributed by atoms with E-state index in [-0.39, 0.29) is 5.91 Å². The average molecular weight is 329 g/mol. The van der Waals surface area contributed by atoms with Gasteiger partial charge < -0.3 is 10.1 Å². The third kappa shape index (κ3) is 5.99. The predicted octanol–water partition coefficient (Wildman–Crippen LogP) is 3.90. The van der Waals surface area contributed by atoms with Crippen molar-refractivity contribution in [1.82, 2.24) is 5.32 Å². The maximum atomic E-state index is 11.9. The number of carbonyl (C=O) groups is 1. The summed E-state index contributed by atoms with van der Waals surface area (Å²) in [6.07, 6.45) is 0. The molecule has 0 spiro atoms. The number of nitrogens with one attached hydrogen (secondary N) is 1.